The molecule has 0 spiro atoms. The highest BCUT2D eigenvalue weighted by Gasteiger charge is 2.26. The summed E-state index contributed by atoms with van der Waals surface area (Å²) in [7, 11) is 1.61. The fourth-order valence-electron chi connectivity index (χ4n) is 3.66. The van der Waals surface area contributed by atoms with Crippen molar-refractivity contribution in [3.63, 3.8) is 0 Å². The lowest BCUT2D eigenvalue weighted by Gasteiger charge is -2.30. The lowest BCUT2D eigenvalue weighted by molar-refractivity contribution is 0.0603. The van der Waals surface area contributed by atoms with Crippen LogP contribution in [0.2, 0.25) is 0 Å². The summed E-state index contributed by atoms with van der Waals surface area (Å²) in [5, 5.41) is 0.584. The van der Waals surface area contributed by atoms with Crippen molar-refractivity contribution in [1.29, 1.82) is 0 Å². The fourth-order valence-corrected chi connectivity index (χ4v) is 3.66. The molecule has 1 heterocycles. The van der Waals surface area contributed by atoms with Crippen LogP contribution in [0.4, 0.5) is 0 Å². The number of rotatable bonds is 8. The van der Waals surface area contributed by atoms with Crippen LogP contribution in [-0.4, -0.2) is 40.6 Å². The number of aromatic nitrogens is 2. The van der Waals surface area contributed by atoms with Crippen LogP contribution in [0.25, 0.3) is 10.9 Å². The molecule has 6 nitrogen and oxygen atoms in total. The molecule has 3 rings (SSSR count). The molecule has 1 aromatic heterocycles. The van der Waals surface area contributed by atoms with Crippen molar-refractivity contribution in [3.05, 3.63) is 75.8 Å². The van der Waals surface area contributed by atoms with Gasteiger partial charge in [0.15, 0.2) is 0 Å². The number of hydrogen-bond acceptors (Lipinski definition) is 4. The number of nitrogens with zero attached hydrogens (tertiary/aromatic N) is 3. The Morgan fingerprint density at radius 2 is 1.83 bits per heavy atom. The number of ether oxygens (including phenoxy) is 1. The van der Waals surface area contributed by atoms with Gasteiger partial charge >= 0.3 is 0 Å². The van der Waals surface area contributed by atoms with Crippen molar-refractivity contribution in [2.45, 2.75) is 39.8 Å². The van der Waals surface area contributed by atoms with E-state index >= 15 is 0 Å². The van der Waals surface area contributed by atoms with Crippen LogP contribution in [0, 0.1) is 0 Å². The summed E-state index contributed by atoms with van der Waals surface area (Å²) in [4.78, 5) is 32.9. The second kappa shape index (κ2) is 9.67. The second-order valence-electron chi connectivity index (χ2n) is 7.25. The molecular weight excluding hydrogens is 378 g/mol. The Balaban J connectivity index is 2.05. The molecule has 0 radical (unpaired) electrons. The highest BCUT2D eigenvalue weighted by molar-refractivity contribution is 5.94. The van der Waals surface area contributed by atoms with Crippen molar-refractivity contribution >= 4 is 16.8 Å². The Labute approximate surface area is 177 Å². The summed E-state index contributed by atoms with van der Waals surface area (Å²) in [6.45, 7) is 7.19. The minimum absolute atomic E-state index is 0.0867. The molecule has 0 aliphatic heterocycles. The summed E-state index contributed by atoms with van der Waals surface area (Å²) in [5.74, 6) is 0.475. The number of carbonyl (C=O) groups is 1. The Bertz CT molecular complexity index is 1070. The zero-order valence-corrected chi connectivity index (χ0v) is 18.1. The number of carbonyl (C=O) groups excluding carboxylic acids is 1. The van der Waals surface area contributed by atoms with E-state index in [0.717, 1.165) is 6.42 Å². The van der Waals surface area contributed by atoms with Crippen LogP contribution in [0.1, 0.15) is 48.6 Å². The minimum Gasteiger partial charge on any atom is -0.383 e. The molecule has 30 heavy (non-hydrogen) atoms. The minimum atomic E-state index is -0.393. The third-order valence-electron chi connectivity index (χ3n) is 5.45. The van der Waals surface area contributed by atoms with Gasteiger partial charge in [0.25, 0.3) is 11.5 Å². The van der Waals surface area contributed by atoms with Crippen LogP contribution < -0.4 is 5.56 Å². The standard InChI is InChI=1S/C24H29N3O3/c1-5-18-11-13-19(14-12-18)23(28)27(15-16-30-4)17(3)22-25-21-10-8-7-9-20(21)24(29)26(22)6-2/h7-14,17H,5-6,15-16H2,1-4H3/t17-/m0/s1. The smallest absolute Gasteiger partial charge is 0.261 e. The van der Waals surface area contributed by atoms with Crippen molar-refractivity contribution < 1.29 is 9.53 Å². The molecule has 1 amide bonds. The molecule has 0 unspecified atom stereocenters. The molecule has 0 N–H and O–H groups in total. The van der Waals surface area contributed by atoms with E-state index in [9.17, 15) is 9.59 Å². The Hall–Kier alpha value is -2.99. The van der Waals surface area contributed by atoms with Gasteiger partial charge in [0.05, 0.1) is 23.6 Å². The van der Waals surface area contributed by atoms with Gasteiger partial charge in [0.1, 0.15) is 5.82 Å². The summed E-state index contributed by atoms with van der Waals surface area (Å²) in [5.41, 5.74) is 2.34. The van der Waals surface area contributed by atoms with Gasteiger partial charge in [-0.2, -0.15) is 0 Å². The predicted octanol–water partition coefficient (Wildman–Crippen LogP) is 3.83. The highest BCUT2D eigenvalue weighted by atomic mass is 16.5. The van der Waals surface area contributed by atoms with Gasteiger partial charge in [0, 0.05) is 25.8 Å². The molecule has 2 aromatic carbocycles. The van der Waals surface area contributed by atoms with Crippen molar-refractivity contribution in [2.24, 2.45) is 0 Å². The van der Waals surface area contributed by atoms with E-state index in [4.69, 9.17) is 9.72 Å². The molecule has 0 saturated carbocycles. The maximum atomic E-state index is 13.4. The molecule has 1 atom stereocenters. The number of benzene rings is 2. The van der Waals surface area contributed by atoms with E-state index in [1.807, 2.05) is 56.3 Å². The third kappa shape index (κ3) is 4.28. The molecule has 6 heteroatoms. The van der Waals surface area contributed by atoms with Crippen LogP contribution >= 0.6 is 0 Å². The zero-order valence-electron chi connectivity index (χ0n) is 18.1. The first-order valence-corrected chi connectivity index (χ1v) is 10.4. The van der Waals surface area contributed by atoms with E-state index in [1.54, 1.807) is 22.6 Å². The van der Waals surface area contributed by atoms with Gasteiger partial charge in [-0.15, -0.1) is 0 Å². The number of aryl methyl sites for hydroxylation is 1. The number of fused-ring (bicyclic) bond motifs is 1. The van der Waals surface area contributed by atoms with Gasteiger partial charge in [-0.05, 0) is 50.1 Å². The quantitative estimate of drug-likeness (QED) is 0.569. The Morgan fingerprint density at radius 1 is 1.13 bits per heavy atom. The lowest BCUT2D eigenvalue weighted by atomic mass is 10.1. The van der Waals surface area contributed by atoms with E-state index in [2.05, 4.69) is 6.92 Å². The van der Waals surface area contributed by atoms with Gasteiger partial charge in [0.2, 0.25) is 0 Å². The number of hydrogen-bond donors (Lipinski definition) is 0. The lowest BCUT2D eigenvalue weighted by Crippen LogP contribution is -2.39. The molecule has 0 saturated heterocycles. The molecule has 0 fully saturated rings. The number of methoxy groups -OCH3 is 1. The topological polar surface area (TPSA) is 64.4 Å². The van der Waals surface area contributed by atoms with Crippen molar-refractivity contribution in [2.75, 3.05) is 20.3 Å². The Kier molecular flexibility index (Phi) is 7.00. The summed E-state index contributed by atoms with van der Waals surface area (Å²) < 4.78 is 6.90. The average molecular weight is 408 g/mol. The van der Waals surface area contributed by atoms with Crippen molar-refractivity contribution in [3.8, 4) is 0 Å². The largest absolute Gasteiger partial charge is 0.383 e. The second-order valence-corrected chi connectivity index (χ2v) is 7.25. The summed E-state index contributed by atoms with van der Waals surface area (Å²) >= 11 is 0. The van der Waals surface area contributed by atoms with Gasteiger partial charge in [-0.1, -0.05) is 31.2 Å². The first-order chi connectivity index (χ1) is 14.5. The monoisotopic (exact) mass is 407 g/mol. The molecule has 3 aromatic rings. The number of para-hydroxylation sites is 1. The molecule has 0 bridgehead atoms. The van der Waals surface area contributed by atoms with Crippen LogP contribution in [-0.2, 0) is 17.7 Å². The van der Waals surface area contributed by atoms with Gasteiger partial charge < -0.3 is 9.64 Å². The summed E-state index contributed by atoms with van der Waals surface area (Å²) in [6.07, 6.45) is 0.919. The first kappa shape index (κ1) is 21.7. The number of amides is 1. The van der Waals surface area contributed by atoms with Crippen molar-refractivity contribution in [1.82, 2.24) is 14.5 Å². The maximum absolute atomic E-state index is 13.4. The van der Waals surface area contributed by atoms with E-state index < -0.39 is 6.04 Å². The van der Waals surface area contributed by atoms with Crippen LogP contribution in [0.3, 0.4) is 0 Å². The predicted molar refractivity (Wildman–Crippen MR) is 119 cm³/mol. The van der Waals surface area contributed by atoms with E-state index in [0.29, 0.717) is 42.0 Å². The SMILES string of the molecule is CCc1ccc(C(=O)N(CCOC)[C@@H](C)c2nc3ccccc3c(=O)n2CC)cc1. The summed E-state index contributed by atoms with van der Waals surface area (Å²) in [6, 6.07) is 14.6. The Morgan fingerprint density at radius 3 is 2.47 bits per heavy atom. The van der Waals surface area contributed by atoms with Gasteiger partial charge in [-0.3, -0.25) is 14.2 Å². The van der Waals surface area contributed by atoms with Crippen LogP contribution in [0.15, 0.2) is 53.3 Å². The van der Waals surface area contributed by atoms with Gasteiger partial charge in [-0.25, -0.2) is 4.98 Å². The molecule has 158 valence electrons. The van der Waals surface area contributed by atoms with E-state index in [-0.39, 0.29) is 11.5 Å². The highest BCUT2D eigenvalue weighted by Crippen LogP contribution is 2.22. The maximum Gasteiger partial charge on any atom is 0.261 e. The zero-order chi connectivity index (χ0) is 21.7. The molecular formula is C24H29N3O3. The third-order valence-corrected chi connectivity index (χ3v) is 5.45. The molecule has 0 aliphatic rings. The van der Waals surface area contributed by atoms with E-state index in [1.165, 1.54) is 5.56 Å². The molecule has 0 aliphatic carbocycles. The fraction of sp³-hybridized carbons (Fsp3) is 0.375. The first-order valence-electron chi connectivity index (χ1n) is 10.4. The normalized spacial score (nSPS) is 12.1. The van der Waals surface area contributed by atoms with Crippen LogP contribution in [0.5, 0.6) is 0 Å². The average Bonchev–Trinajstić information content (AvgIpc) is 2.79.